The number of rotatable bonds is 4. The van der Waals surface area contributed by atoms with Crippen molar-refractivity contribution >= 4 is 74.0 Å². The second-order valence-corrected chi connectivity index (χ2v) is 11.6. The lowest BCUT2D eigenvalue weighted by Crippen LogP contribution is -1.87. The van der Waals surface area contributed by atoms with Gasteiger partial charge in [-0.05, 0) is 111 Å². The molecule has 0 aliphatic carbocycles. The van der Waals surface area contributed by atoms with E-state index in [1.54, 1.807) is 22.7 Å². The van der Waals surface area contributed by atoms with Crippen molar-refractivity contribution in [3.63, 3.8) is 0 Å². The zero-order valence-corrected chi connectivity index (χ0v) is 23.6. The first-order valence-electron chi connectivity index (χ1n) is 13.4. The van der Waals surface area contributed by atoms with E-state index >= 15 is 0 Å². The molecule has 7 aromatic rings. The molecule has 0 amide bonds. The minimum atomic E-state index is 0.919. The lowest BCUT2D eigenvalue weighted by Gasteiger charge is -2.06. The number of aromatic nitrogens is 4. The first-order chi connectivity index (χ1) is 20.2. The number of benzene rings is 1. The monoisotopic (exact) mass is 564 g/mol. The fourth-order valence-electron chi connectivity index (χ4n) is 5.70. The van der Waals surface area contributed by atoms with Gasteiger partial charge in [0.15, 0.2) is 0 Å². The van der Waals surface area contributed by atoms with Gasteiger partial charge in [0.2, 0.25) is 0 Å². The quantitative estimate of drug-likeness (QED) is 0.196. The number of nitrogens with one attached hydrogen (secondary N) is 3. The lowest BCUT2D eigenvalue weighted by atomic mass is 10.0. The van der Waals surface area contributed by atoms with Crippen LogP contribution in [0.1, 0.15) is 17.0 Å². The van der Waals surface area contributed by atoms with Crippen molar-refractivity contribution in [1.82, 2.24) is 19.9 Å². The van der Waals surface area contributed by atoms with Crippen LogP contribution in [0, 0.1) is 0 Å². The van der Waals surface area contributed by atoms with Crippen LogP contribution in [0.5, 0.6) is 0 Å². The standard InChI is InChI=1S/C35H24N4S2/c1-2-21-4-3-5-22(18-21)33-27-10-12-31(38-27)34(23-14-16-40-19-23)29-8-6-25(36-29)26-7-9-30(37-26)35(24-15-17-41-20-24)32-13-11-28(33)39-32/h2-20,36-38H,1H2. The third-order valence-corrected chi connectivity index (χ3v) is 8.97. The Morgan fingerprint density at radius 2 is 1.07 bits per heavy atom. The Balaban J connectivity index is 1.58. The van der Waals surface area contributed by atoms with E-state index in [1.807, 2.05) is 6.08 Å². The molecule has 3 N–H and O–H groups in total. The van der Waals surface area contributed by atoms with Crippen molar-refractivity contribution in [2.75, 3.05) is 0 Å². The number of H-pyrrole nitrogens is 3. The molecule has 6 heteroatoms. The van der Waals surface area contributed by atoms with Crippen molar-refractivity contribution in [2.45, 2.75) is 0 Å². The topological polar surface area (TPSA) is 60.3 Å². The van der Waals surface area contributed by atoms with E-state index in [0.717, 1.165) is 77.9 Å². The Morgan fingerprint density at radius 3 is 1.63 bits per heavy atom. The summed E-state index contributed by atoms with van der Waals surface area (Å²) >= 11 is 3.39. The highest BCUT2D eigenvalue weighted by Gasteiger charge is 2.16. The molecule has 1 aliphatic heterocycles. The Labute approximate surface area is 244 Å². The maximum atomic E-state index is 5.27. The summed E-state index contributed by atoms with van der Waals surface area (Å²) in [5.41, 5.74) is 15.8. The summed E-state index contributed by atoms with van der Waals surface area (Å²) in [6.07, 6.45) is 6.15. The van der Waals surface area contributed by atoms with Crippen LogP contribution in [0.25, 0.3) is 84.7 Å². The zero-order chi connectivity index (χ0) is 27.3. The summed E-state index contributed by atoms with van der Waals surface area (Å²) in [5.74, 6) is 0. The van der Waals surface area contributed by atoms with Crippen LogP contribution in [0.4, 0.5) is 0 Å². The van der Waals surface area contributed by atoms with Gasteiger partial charge in [-0.15, -0.1) is 0 Å². The molecule has 8 bridgehead atoms. The van der Waals surface area contributed by atoms with Crippen LogP contribution in [0.15, 0.2) is 101 Å². The number of nitrogens with zero attached hydrogens (tertiary/aromatic N) is 1. The van der Waals surface area contributed by atoms with E-state index in [4.69, 9.17) is 4.98 Å². The molecule has 6 aromatic heterocycles. The molecule has 1 aromatic carbocycles. The van der Waals surface area contributed by atoms with Gasteiger partial charge in [0.1, 0.15) is 0 Å². The highest BCUT2D eigenvalue weighted by atomic mass is 32.1. The Morgan fingerprint density at radius 1 is 0.561 bits per heavy atom. The van der Waals surface area contributed by atoms with Gasteiger partial charge in [0, 0.05) is 38.8 Å². The Kier molecular flexibility index (Phi) is 5.62. The molecule has 0 saturated heterocycles. The predicted octanol–water partition coefficient (Wildman–Crippen LogP) is 10.5. The van der Waals surface area contributed by atoms with E-state index in [-0.39, 0.29) is 0 Å². The first kappa shape index (κ1) is 23.9. The van der Waals surface area contributed by atoms with E-state index in [1.165, 1.54) is 5.56 Å². The summed E-state index contributed by atoms with van der Waals surface area (Å²) in [6.45, 7) is 4.01. The molecule has 41 heavy (non-hydrogen) atoms. The SMILES string of the molecule is C=Cc1cccc(-c2c3nc(c(-c4ccsc4)c4ccc([nH]4)c4ccc([nH]4)c(-c4ccsc4)c4ccc2[nH]4)C=C3)c1. The zero-order valence-electron chi connectivity index (χ0n) is 21.9. The number of fused-ring (bicyclic) bond motifs is 9. The maximum Gasteiger partial charge on any atom is 0.0737 e. The minimum Gasteiger partial charge on any atom is -0.354 e. The predicted molar refractivity (Wildman–Crippen MR) is 177 cm³/mol. The van der Waals surface area contributed by atoms with Gasteiger partial charge in [0.05, 0.1) is 22.4 Å². The summed E-state index contributed by atoms with van der Waals surface area (Å²) in [6, 6.07) is 25.8. The van der Waals surface area contributed by atoms with Crippen molar-refractivity contribution in [3.8, 4) is 33.4 Å². The first-order valence-corrected chi connectivity index (χ1v) is 15.3. The number of hydrogen-bond donors (Lipinski definition) is 3. The lowest BCUT2D eigenvalue weighted by molar-refractivity contribution is 1.32. The van der Waals surface area contributed by atoms with Gasteiger partial charge < -0.3 is 15.0 Å². The molecule has 0 fully saturated rings. The van der Waals surface area contributed by atoms with Gasteiger partial charge in [0.25, 0.3) is 0 Å². The van der Waals surface area contributed by atoms with Gasteiger partial charge in [-0.25, -0.2) is 4.98 Å². The van der Waals surface area contributed by atoms with Crippen molar-refractivity contribution in [3.05, 3.63) is 118 Å². The fraction of sp³-hybridized carbons (Fsp3) is 0. The second-order valence-electron chi connectivity index (χ2n) is 10.1. The Bertz CT molecular complexity index is 2220. The molecule has 8 rings (SSSR count). The van der Waals surface area contributed by atoms with E-state index in [9.17, 15) is 0 Å². The molecule has 0 spiro atoms. The van der Waals surface area contributed by atoms with Crippen LogP contribution in [-0.4, -0.2) is 19.9 Å². The summed E-state index contributed by atoms with van der Waals surface area (Å²) in [4.78, 5) is 16.4. The Hall–Kier alpha value is -4.91. The molecule has 0 atom stereocenters. The largest absolute Gasteiger partial charge is 0.354 e. The van der Waals surface area contributed by atoms with E-state index in [2.05, 4.69) is 128 Å². The third kappa shape index (κ3) is 4.08. The highest BCUT2D eigenvalue weighted by Crippen LogP contribution is 2.37. The number of hydrogen-bond acceptors (Lipinski definition) is 3. The highest BCUT2D eigenvalue weighted by molar-refractivity contribution is 7.08. The van der Waals surface area contributed by atoms with Crippen molar-refractivity contribution in [1.29, 1.82) is 0 Å². The summed E-state index contributed by atoms with van der Waals surface area (Å²) in [7, 11) is 0. The van der Waals surface area contributed by atoms with Gasteiger partial charge >= 0.3 is 0 Å². The minimum absolute atomic E-state index is 0.919. The molecule has 1 aliphatic rings. The summed E-state index contributed by atoms with van der Waals surface area (Å²) < 4.78 is 0. The molecule has 0 unspecified atom stereocenters. The normalized spacial score (nSPS) is 11.9. The van der Waals surface area contributed by atoms with Gasteiger partial charge in [-0.2, -0.15) is 22.7 Å². The van der Waals surface area contributed by atoms with Crippen LogP contribution in [0.3, 0.4) is 0 Å². The van der Waals surface area contributed by atoms with Crippen LogP contribution < -0.4 is 0 Å². The smallest absolute Gasteiger partial charge is 0.0737 e. The second kappa shape index (κ2) is 9.63. The van der Waals surface area contributed by atoms with Crippen molar-refractivity contribution < 1.29 is 0 Å². The molecule has 4 nitrogen and oxygen atoms in total. The van der Waals surface area contributed by atoms with Crippen molar-refractivity contribution in [2.24, 2.45) is 0 Å². The molecule has 7 heterocycles. The third-order valence-electron chi connectivity index (χ3n) is 7.61. The molecule has 0 saturated carbocycles. The maximum absolute atomic E-state index is 5.27. The van der Waals surface area contributed by atoms with Gasteiger partial charge in [-0.3, -0.25) is 0 Å². The average Bonchev–Trinajstić information content (AvgIpc) is 3.83. The molecular weight excluding hydrogens is 541 g/mol. The molecular formula is C35H24N4S2. The van der Waals surface area contributed by atoms with Gasteiger partial charge in [-0.1, -0.05) is 30.9 Å². The van der Waals surface area contributed by atoms with Crippen LogP contribution in [0.2, 0.25) is 0 Å². The van der Waals surface area contributed by atoms with E-state index < -0.39 is 0 Å². The number of thiophene rings is 2. The fourth-order valence-corrected chi connectivity index (χ4v) is 6.99. The molecule has 196 valence electrons. The summed E-state index contributed by atoms with van der Waals surface area (Å²) in [5, 5.41) is 8.62. The van der Waals surface area contributed by atoms with E-state index in [0.29, 0.717) is 0 Å². The number of aromatic amines is 3. The van der Waals surface area contributed by atoms with Crippen LogP contribution >= 0.6 is 22.7 Å². The van der Waals surface area contributed by atoms with Crippen LogP contribution in [-0.2, 0) is 0 Å². The average molecular weight is 565 g/mol. The molecule has 0 radical (unpaired) electrons.